The molecule has 140 valence electrons. The number of benzene rings is 2. The largest absolute Gasteiger partial charge is 0.496 e. The highest BCUT2D eigenvalue weighted by atomic mass is 79.9. The van der Waals surface area contributed by atoms with Crippen molar-refractivity contribution >= 4 is 37.9 Å². The third-order valence-electron chi connectivity index (χ3n) is 4.05. The lowest BCUT2D eigenvalue weighted by Gasteiger charge is -2.20. The molecule has 2 atom stereocenters. The number of nitrogens with one attached hydrogen (secondary N) is 2. The molecule has 0 saturated carbocycles. The third-order valence-corrected chi connectivity index (χ3v) is 5.29. The second-order valence-corrected chi connectivity index (χ2v) is 7.56. The van der Waals surface area contributed by atoms with Gasteiger partial charge in [0.2, 0.25) is 0 Å². The summed E-state index contributed by atoms with van der Waals surface area (Å²) in [5.41, 5.74) is 1.96. The van der Waals surface area contributed by atoms with Gasteiger partial charge in [-0.1, -0.05) is 12.1 Å². The molecule has 0 bridgehead atoms. The van der Waals surface area contributed by atoms with Crippen LogP contribution in [0, 0.1) is 0 Å². The van der Waals surface area contributed by atoms with E-state index in [0.29, 0.717) is 0 Å². The summed E-state index contributed by atoms with van der Waals surface area (Å²) in [6.45, 7) is 3.87. The Balaban J connectivity index is 1.99. The Labute approximate surface area is 170 Å². The first-order chi connectivity index (χ1) is 12.3. The summed E-state index contributed by atoms with van der Waals surface area (Å²) in [5.74, 6) is 1.51. The molecule has 26 heavy (non-hydrogen) atoms. The Morgan fingerprint density at radius 1 is 0.846 bits per heavy atom. The second-order valence-electron chi connectivity index (χ2n) is 5.85. The molecule has 0 unspecified atom stereocenters. The second kappa shape index (κ2) is 9.28. The lowest BCUT2D eigenvalue weighted by atomic mass is 10.1. The number of hydrogen-bond donors (Lipinski definition) is 2. The summed E-state index contributed by atoms with van der Waals surface area (Å²) >= 11 is 6.93. The van der Waals surface area contributed by atoms with Crippen molar-refractivity contribution in [3.05, 3.63) is 56.5 Å². The van der Waals surface area contributed by atoms with Crippen LogP contribution in [-0.4, -0.2) is 20.3 Å². The maximum absolute atomic E-state index is 12.3. The molecule has 0 aliphatic rings. The first-order valence-electron chi connectivity index (χ1n) is 8.09. The molecule has 7 heteroatoms. The summed E-state index contributed by atoms with van der Waals surface area (Å²) in [7, 11) is 3.24. The van der Waals surface area contributed by atoms with Crippen LogP contribution in [0.25, 0.3) is 0 Å². The molecule has 0 aromatic heterocycles. The highest BCUT2D eigenvalue weighted by molar-refractivity contribution is 9.10. The Bertz CT molecular complexity index is 720. The number of ether oxygens (including phenoxy) is 2. The summed E-state index contributed by atoms with van der Waals surface area (Å²) in [6.07, 6.45) is 0. The zero-order valence-corrected chi connectivity index (χ0v) is 18.3. The van der Waals surface area contributed by atoms with E-state index in [0.717, 1.165) is 31.6 Å². The normalized spacial score (nSPS) is 12.8. The van der Waals surface area contributed by atoms with Gasteiger partial charge in [-0.15, -0.1) is 0 Å². The van der Waals surface area contributed by atoms with E-state index in [9.17, 15) is 4.79 Å². The van der Waals surface area contributed by atoms with Gasteiger partial charge in [-0.3, -0.25) is 0 Å². The molecule has 2 aromatic carbocycles. The molecule has 2 rings (SSSR count). The molecule has 2 aromatic rings. The van der Waals surface area contributed by atoms with Crippen molar-refractivity contribution in [2.45, 2.75) is 25.9 Å². The number of urea groups is 1. The predicted molar refractivity (Wildman–Crippen MR) is 110 cm³/mol. The van der Waals surface area contributed by atoms with E-state index in [1.807, 2.05) is 50.2 Å². The Morgan fingerprint density at radius 3 is 1.54 bits per heavy atom. The van der Waals surface area contributed by atoms with Crippen LogP contribution >= 0.6 is 31.9 Å². The number of methoxy groups -OCH3 is 2. The van der Waals surface area contributed by atoms with Gasteiger partial charge in [0.1, 0.15) is 11.5 Å². The zero-order valence-electron chi connectivity index (χ0n) is 15.1. The Hall–Kier alpha value is -1.73. The van der Waals surface area contributed by atoms with Gasteiger partial charge in [-0.05, 0) is 81.1 Å². The summed E-state index contributed by atoms with van der Waals surface area (Å²) in [4.78, 5) is 12.3. The summed E-state index contributed by atoms with van der Waals surface area (Å²) < 4.78 is 12.2. The van der Waals surface area contributed by atoms with Gasteiger partial charge in [0, 0.05) is 0 Å². The molecule has 0 fully saturated rings. The van der Waals surface area contributed by atoms with Crippen LogP contribution in [0.5, 0.6) is 11.5 Å². The number of rotatable bonds is 6. The fraction of sp³-hybridized carbons (Fsp3) is 0.316. The number of halogens is 2. The molecular weight excluding hydrogens is 464 g/mol. The fourth-order valence-electron chi connectivity index (χ4n) is 2.51. The van der Waals surface area contributed by atoms with Crippen molar-refractivity contribution in [3.8, 4) is 11.5 Å². The monoisotopic (exact) mass is 484 g/mol. The average Bonchev–Trinajstić information content (AvgIpc) is 2.61. The van der Waals surface area contributed by atoms with Crippen LogP contribution in [0.1, 0.15) is 37.1 Å². The molecule has 5 nitrogen and oxygen atoms in total. The first-order valence-corrected chi connectivity index (χ1v) is 9.68. The van der Waals surface area contributed by atoms with Crippen molar-refractivity contribution in [1.29, 1.82) is 0 Å². The maximum atomic E-state index is 12.3. The predicted octanol–water partition coefficient (Wildman–Crippen LogP) is 5.35. The van der Waals surface area contributed by atoms with Gasteiger partial charge < -0.3 is 20.1 Å². The van der Waals surface area contributed by atoms with E-state index >= 15 is 0 Å². The van der Waals surface area contributed by atoms with E-state index in [2.05, 4.69) is 42.5 Å². The van der Waals surface area contributed by atoms with Gasteiger partial charge in [-0.25, -0.2) is 4.79 Å². The van der Waals surface area contributed by atoms with Crippen molar-refractivity contribution < 1.29 is 14.3 Å². The topological polar surface area (TPSA) is 59.6 Å². The molecule has 0 spiro atoms. The van der Waals surface area contributed by atoms with E-state index < -0.39 is 0 Å². The molecule has 0 saturated heterocycles. The minimum atomic E-state index is -0.233. The van der Waals surface area contributed by atoms with Crippen LogP contribution in [-0.2, 0) is 0 Å². The van der Waals surface area contributed by atoms with Crippen molar-refractivity contribution in [3.63, 3.8) is 0 Å². The molecule has 0 radical (unpaired) electrons. The van der Waals surface area contributed by atoms with Gasteiger partial charge in [0.15, 0.2) is 0 Å². The van der Waals surface area contributed by atoms with E-state index in [1.165, 1.54) is 0 Å². The van der Waals surface area contributed by atoms with E-state index in [1.54, 1.807) is 14.2 Å². The minimum absolute atomic E-state index is 0.146. The third kappa shape index (κ3) is 5.14. The van der Waals surface area contributed by atoms with Gasteiger partial charge >= 0.3 is 6.03 Å². The van der Waals surface area contributed by atoms with Crippen molar-refractivity contribution in [2.24, 2.45) is 0 Å². The van der Waals surface area contributed by atoms with Crippen molar-refractivity contribution in [1.82, 2.24) is 10.6 Å². The van der Waals surface area contributed by atoms with E-state index in [4.69, 9.17) is 9.47 Å². The van der Waals surface area contributed by atoms with Crippen LogP contribution in [0.2, 0.25) is 0 Å². The fourth-order valence-corrected chi connectivity index (χ4v) is 3.62. The highest BCUT2D eigenvalue weighted by Crippen LogP contribution is 2.29. The molecule has 0 aliphatic carbocycles. The molecule has 2 amide bonds. The van der Waals surface area contributed by atoms with Crippen LogP contribution < -0.4 is 20.1 Å². The standard InChI is InChI=1S/C19H22Br2N2O3/c1-11(13-5-7-17(25-3)15(20)9-13)22-19(24)23-12(2)14-6-8-18(26-4)16(21)10-14/h5-12H,1-4H3,(H2,22,23,24)/t11-,12-/m0/s1. The number of carbonyl (C=O) groups is 1. The number of amides is 2. The van der Waals surface area contributed by atoms with Gasteiger partial charge in [0.25, 0.3) is 0 Å². The summed E-state index contributed by atoms with van der Waals surface area (Å²) in [6, 6.07) is 10.9. The highest BCUT2D eigenvalue weighted by Gasteiger charge is 2.15. The van der Waals surface area contributed by atoms with Crippen molar-refractivity contribution in [2.75, 3.05) is 14.2 Å². The average molecular weight is 486 g/mol. The quantitative estimate of drug-likeness (QED) is 0.579. The SMILES string of the molecule is COc1ccc([C@H](C)NC(=O)N[C@@H](C)c2ccc(OC)c(Br)c2)cc1Br. The molecular formula is C19H22Br2N2O3. The molecule has 2 N–H and O–H groups in total. The first kappa shape index (κ1) is 20.6. The number of carbonyl (C=O) groups excluding carboxylic acids is 1. The molecule has 0 heterocycles. The van der Waals surface area contributed by atoms with Gasteiger partial charge in [0.05, 0.1) is 35.2 Å². The smallest absolute Gasteiger partial charge is 0.315 e. The maximum Gasteiger partial charge on any atom is 0.315 e. The van der Waals surface area contributed by atoms with Gasteiger partial charge in [-0.2, -0.15) is 0 Å². The Morgan fingerprint density at radius 2 is 1.23 bits per heavy atom. The van der Waals surface area contributed by atoms with Crippen LogP contribution in [0.3, 0.4) is 0 Å². The number of hydrogen-bond acceptors (Lipinski definition) is 3. The lowest BCUT2D eigenvalue weighted by molar-refractivity contribution is 0.235. The van der Waals surface area contributed by atoms with Crippen LogP contribution in [0.4, 0.5) is 4.79 Å². The Kier molecular flexibility index (Phi) is 7.34. The molecule has 0 aliphatic heterocycles. The van der Waals surface area contributed by atoms with E-state index in [-0.39, 0.29) is 18.1 Å². The lowest BCUT2D eigenvalue weighted by Crippen LogP contribution is -2.38. The summed E-state index contributed by atoms with van der Waals surface area (Å²) in [5, 5.41) is 5.90. The minimum Gasteiger partial charge on any atom is -0.496 e. The zero-order chi connectivity index (χ0) is 19.3. The van der Waals surface area contributed by atoms with Crippen LogP contribution in [0.15, 0.2) is 45.3 Å².